The molecule has 4 heterocycles. The average molecular weight is 452 g/mol. The van der Waals surface area contributed by atoms with E-state index in [1.807, 2.05) is 30.2 Å². The Labute approximate surface area is 197 Å². The average Bonchev–Trinajstić information content (AvgIpc) is 3.55. The fourth-order valence-electron chi connectivity index (χ4n) is 4.30. The molecule has 0 spiro atoms. The number of benzene rings is 2. The van der Waals surface area contributed by atoms with E-state index in [1.165, 1.54) is 11.1 Å². The number of fused-ring (bicyclic) bond motifs is 1. The van der Waals surface area contributed by atoms with Crippen LogP contribution in [0, 0.1) is 0 Å². The highest BCUT2D eigenvalue weighted by Gasteiger charge is 2.17. The zero-order chi connectivity index (χ0) is 22.9. The number of anilines is 3. The summed E-state index contributed by atoms with van der Waals surface area (Å²) >= 11 is 0. The van der Waals surface area contributed by atoms with Crippen LogP contribution in [0.1, 0.15) is 5.56 Å². The lowest BCUT2D eigenvalue weighted by Crippen LogP contribution is -2.37. The van der Waals surface area contributed by atoms with Crippen molar-refractivity contribution in [1.29, 1.82) is 0 Å². The first-order valence-corrected chi connectivity index (χ1v) is 11.4. The number of nitrogens with one attached hydrogen (secondary N) is 1. The van der Waals surface area contributed by atoms with Gasteiger partial charge in [0.1, 0.15) is 5.82 Å². The zero-order valence-electron chi connectivity index (χ0n) is 19.0. The maximum atomic E-state index is 5.53. The summed E-state index contributed by atoms with van der Waals surface area (Å²) in [7, 11) is 1.95. The molecule has 2 aromatic heterocycles. The van der Waals surface area contributed by atoms with Gasteiger partial charge >= 0.3 is 0 Å². The molecule has 0 atom stereocenters. The second kappa shape index (κ2) is 8.72. The van der Waals surface area contributed by atoms with Crippen molar-refractivity contribution in [2.45, 2.75) is 0 Å². The van der Waals surface area contributed by atoms with E-state index in [4.69, 9.17) is 14.7 Å². The van der Waals surface area contributed by atoms with Crippen LogP contribution in [0.4, 0.5) is 17.5 Å². The van der Waals surface area contributed by atoms with Crippen LogP contribution in [0.2, 0.25) is 0 Å². The highest BCUT2D eigenvalue weighted by molar-refractivity contribution is 5.90. The predicted molar refractivity (Wildman–Crippen MR) is 136 cm³/mol. The van der Waals surface area contributed by atoms with Crippen molar-refractivity contribution < 1.29 is 4.74 Å². The summed E-state index contributed by atoms with van der Waals surface area (Å²) in [4.78, 5) is 16.2. The molecule has 2 aliphatic heterocycles. The maximum Gasteiger partial charge on any atom is 0.228 e. The van der Waals surface area contributed by atoms with Crippen molar-refractivity contribution >= 4 is 40.1 Å². The minimum absolute atomic E-state index is 0.679. The molecule has 0 saturated carbocycles. The molecule has 170 valence electrons. The zero-order valence-corrected chi connectivity index (χ0v) is 19.0. The number of aryl methyl sites for hydroxylation is 1. The summed E-state index contributed by atoms with van der Waals surface area (Å²) in [5.41, 5.74) is 6.36. The molecule has 34 heavy (non-hydrogen) atoms. The minimum atomic E-state index is 0.679. The van der Waals surface area contributed by atoms with E-state index in [9.17, 15) is 0 Å². The summed E-state index contributed by atoms with van der Waals surface area (Å²) in [6, 6.07) is 16.7. The van der Waals surface area contributed by atoms with Crippen molar-refractivity contribution in [2.75, 3.05) is 43.1 Å². The molecule has 2 aliphatic rings. The van der Waals surface area contributed by atoms with Crippen molar-refractivity contribution in [3.05, 3.63) is 66.4 Å². The Morgan fingerprint density at radius 2 is 1.76 bits per heavy atom. The van der Waals surface area contributed by atoms with Crippen LogP contribution in [0.5, 0.6) is 0 Å². The van der Waals surface area contributed by atoms with Gasteiger partial charge in [0.2, 0.25) is 5.95 Å². The maximum absolute atomic E-state index is 5.53. The first kappa shape index (κ1) is 20.6. The molecule has 1 saturated heterocycles. The Balaban J connectivity index is 1.35. The fourth-order valence-corrected chi connectivity index (χ4v) is 4.30. The molecule has 0 unspecified atom stereocenters. The van der Waals surface area contributed by atoms with Gasteiger partial charge in [-0.15, -0.1) is 0 Å². The van der Waals surface area contributed by atoms with Gasteiger partial charge in [-0.25, -0.2) is 4.98 Å². The third-order valence-electron chi connectivity index (χ3n) is 6.22. The topological polar surface area (TPSA) is 80.5 Å². The number of aromatic nitrogens is 4. The van der Waals surface area contributed by atoms with Crippen molar-refractivity contribution in [3.8, 4) is 11.3 Å². The van der Waals surface area contributed by atoms with Crippen LogP contribution >= 0.6 is 0 Å². The first-order valence-electron chi connectivity index (χ1n) is 11.4. The molecular weight excluding hydrogens is 426 g/mol. The van der Waals surface area contributed by atoms with Gasteiger partial charge in [-0.2, -0.15) is 10.1 Å². The number of rotatable bonds is 5. The Hall–Kier alpha value is -4.04. The van der Waals surface area contributed by atoms with Crippen molar-refractivity contribution in [1.82, 2.24) is 19.7 Å². The Morgan fingerprint density at radius 3 is 2.56 bits per heavy atom. The number of hydrogen-bond donors (Lipinski definition) is 1. The lowest BCUT2D eigenvalue weighted by molar-refractivity contribution is 0.122. The number of allylic oxidation sites excluding steroid dienone is 1. The molecular formula is C26H25N7O. The van der Waals surface area contributed by atoms with Crippen LogP contribution in [0.15, 0.2) is 65.8 Å². The molecule has 0 amide bonds. The molecule has 4 aromatic rings. The molecule has 1 N–H and O–H groups in total. The van der Waals surface area contributed by atoms with E-state index < -0.39 is 0 Å². The van der Waals surface area contributed by atoms with Gasteiger partial charge in [0.05, 0.1) is 37.2 Å². The molecule has 6 rings (SSSR count). The predicted octanol–water partition coefficient (Wildman–Crippen LogP) is 4.08. The summed E-state index contributed by atoms with van der Waals surface area (Å²) in [5, 5.41) is 8.95. The third-order valence-corrected chi connectivity index (χ3v) is 6.22. The lowest BCUT2D eigenvalue weighted by atomic mass is 10.1. The quantitative estimate of drug-likeness (QED) is 0.493. The van der Waals surface area contributed by atoms with Crippen molar-refractivity contribution in [2.24, 2.45) is 12.0 Å². The van der Waals surface area contributed by atoms with Crippen LogP contribution in [0.3, 0.4) is 0 Å². The van der Waals surface area contributed by atoms with Gasteiger partial charge in [-0.3, -0.25) is 9.67 Å². The lowest BCUT2D eigenvalue weighted by Gasteiger charge is -2.27. The van der Waals surface area contributed by atoms with Gasteiger partial charge < -0.3 is 15.0 Å². The van der Waals surface area contributed by atoms with Gasteiger partial charge in [0.15, 0.2) is 0 Å². The van der Waals surface area contributed by atoms with Crippen LogP contribution < -0.4 is 10.2 Å². The van der Waals surface area contributed by atoms with E-state index in [2.05, 4.69) is 68.8 Å². The number of morpholine rings is 1. The first-order chi connectivity index (χ1) is 16.7. The van der Waals surface area contributed by atoms with Gasteiger partial charge in [-0.05, 0) is 35.4 Å². The Bertz CT molecular complexity index is 1400. The highest BCUT2D eigenvalue weighted by atomic mass is 16.5. The van der Waals surface area contributed by atoms with Gasteiger partial charge in [0, 0.05) is 49.1 Å². The fraction of sp³-hybridized carbons (Fsp3) is 0.231. The minimum Gasteiger partial charge on any atom is -0.378 e. The number of ether oxygens (including phenoxy) is 1. The Kier molecular flexibility index (Phi) is 5.27. The molecule has 8 heteroatoms. The molecule has 0 bridgehead atoms. The van der Waals surface area contributed by atoms with E-state index in [0.29, 0.717) is 19.2 Å². The van der Waals surface area contributed by atoms with E-state index in [0.717, 1.165) is 53.3 Å². The highest BCUT2D eigenvalue weighted by Crippen LogP contribution is 2.28. The number of hydrogen-bond acceptors (Lipinski definition) is 7. The number of aliphatic imine (C=N–C) groups is 1. The van der Waals surface area contributed by atoms with Crippen LogP contribution in [-0.4, -0.2) is 58.8 Å². The normalized spacial score (nSPS) is 15.7. The summed E-state index contributed by atoms with van der Waals surface area (Å²) in [6.07, 6.45) is 5.80. The van der Waals surface area contributed by atoms with E-state index in [-0.39, 0.29) is 0 Å². The van der Waals surface area contributed by atoms with E-state index >= 15 is 0 Å². The Morgan fingerprint density at radius 1 is 0.941 bits per heavy atom. The molecule has 8 nitrogen and oxygen atoms in total. The summed E-state index contributed by atoms with van der Waals surface area (Å²) in [6.45, 7) is 3.65. The second-order valence-corrected chi connectivity index (χ2v) is 8.46. The standard InChI is InChI=1S/C26H25N7O/c1-32-24-14-19(2-3-21(24)17-28-32)23-15-25(31-26(30-23)33-10-12-34-13-11-33)29-22-6-4-18(5-7-22)20-8-9-27-16-20/h2-9,14-15,17H,10-13,16H2,1H3,(H,29,30,31). The molecule has 1 fully saturated rings. The molecule has 0 radical (unpaired) electrons. The van der Waals surface area contributed by atoms with Crippen molar-refractivity contribution in [3.63, 3.8) is 0 Å². The van der Waals surface area contributed by atoms with E-state index in [1.54, 1.807) is 0 Å². The largest absolute Gasteiger partial charge is 0.378 e. The summed E-state index contributed by atoms with van der Waals surface area (Å²) < 4.78 is 7.42. The molecule has 2 aromatic carbocycles. The van der Waals surface area contributed by atoms with Gasteiger partial charge in [-0.1, -0.05) is 24.3 Å². The number of nitrogens with zero attached hydrogens (tertiary/aromatic N) is 6. The summed E-state index contributed by atoms with van der Waals surface area (Å²) in [5.74, 6) is 1.46. The van der Waals surface area contributed by atoms with Gasteiger partial charge in [0.25, 0.3) is 0 Å². The van der Waals surface area contributed by atoms with Crippen LogP contribution in [-0.2, 0) is 11.8 Å². The SMILES string of the molecule is Cn1ncc2ccc(-c3cc(Nc4ccc(C5=CC=NC5)cc4)nc(N4CCOCC4)n3)cc21. The monoisotopic (exact) mass is 451 g/mol. The molecule has 0 aliphatic carbocycles. The second-order valence-electron chi connectivity index (χ2n) is 8.46. The smallest absolute Gasteiger partial charge is 0.228 e. The van der Waals surface area contributed by atoms with Crippen LogP contribution in [0.25, 0.3) is 27.7 Å². The third kappa shape index (κ3) is 4.04.